The highest BCUT2D eigenvalue weighted by molar-refractivity contribution is 9.10. The highest BCUT2D eigenvalue weighted by Crippen LogP contribution is 2.16. The maximum absolute atomic E-state index is 11.7. The summed E-state index contributed by atoms with van der Waals surface area (Å²) in [4.78, 5) is 22.7. The number of benzene rings is 1. The van der Waals surface area contributed by atoms with E-state index >= 15 is 0 Å². The lowest BCUT2D eigenvalue weighted by Crippen LogP contribution is -2.44. The number of hydrogen-bond acceptors (Lipinski definition) is 3. The third-order valence-electron chi connectivity index (χ3n) is 3.13. The second-order valence-corrected chi connectivity index (χ2v) is 6.30. The van der Waals surface area contributed by atoms with Gasteiger partial charge in [0.1, 0.15) is 11.8 Å². The minimum Gasteiger partial charge on any atom is -0.494 e. The number of hydrogen-bond donors (Lipinski definition) is 2. The predicted octanol–water partition coefficient (Wildman–Crippen LogP) is 3.22. The van der Waals surface area contributed by atoms with Crippen molar-refractivity contribution >= 4 is 27.8 Å². The van der Waals surface area contributed by atoms with Crippen LogP contribution in [-0.2, 0) is 9.59 Å². The number of nitrogens with one attached hydrogen (secondary N) is 1. The van der Waals surface area contributed by atoms with Crippen molar-refractivity contribution in [2.75, 3.05) is 6.61 Å². The molecular formula is C16H22BrNO4. The largest absolute Gasteiger partial charge is 0.494 e. The number of aliphatic carboxylic acids is 1. The standard InChI is InChI=1S/C16H22BrNO4/c1-11(2)15(16(20)21)18-14(19)5-3-4-10-22-13-8-6-12(17)7-9-13/h6-9,11,15H,3-5,10H2,1-2H3,(H,18,19)(H,20,21)/t15-/m1/s1. The van der Waals surface area contributed by atoms with E-state index in [4.69, 9.17) is 9.84 Å². The van der Waals surface area contributed by atoms with Crippen molar-refractivity contribution in [2.45, 2.75) is 39.2 Å². The van der Waals surface area contributed by atoms with Crippen molar-refractivity contribution in [2.24, 2.45) is 5.92 Å². The molecule has 0 unspecified atom stereocenters. The summed E-state index contributed by atoms with van der Waals surface area (Å²) >= 11 is 3.35. The smallest absolute Gasteiger partial charge is 0.326 e. The number of carboxylic acids is 1. The monoisotopic (exact) mass is 371 g/mol. The van der Waals surface area contributed by atoms with E-state index in [-0.39, 0.29) is 11.8 Å². The van der Waals surface area contributed by atoms with Crippen LogP contribution in [0.3, 0.4) is 0 Å². The van der Waals surface area contributed by atoms with E-state index in [1.54, 1.807) is 13.8 Å². The highest BCUT2D eigenvalue weighted by atomic mass is 79.9. The second-order valence-electron chi connectivity index (χ2n) is 5.39. The molecule has 0 heterocycles. The Kier molecular flexibility index (Phi) is 7.95. The van der Waals surface area contributed by atoms with Gasteiger partial charge >= 0.3 is 5.97 Å². The van der Waals surface area contributed by atoms with Crippen molar-refractivity contribution in [3.05, 3.63) is 28.7 Å². The van der Waals surface area contributed by atoms with Crippen molar-refractivity contribution < 1.29 is 19.4 Å². The first kappa shape index (κ1) is 18.5. The van der Waals surface area contributed by atoms with Crippen LogP contribution < -0.4 is 10.1 Å². The molecule has 0 aliphatic heterocycles. The molecule has 0 aromatic heterocycles. The van der Waals surface area contributed by atoms with Gasteiger partial charge in [-0.25, -0.2) is 4.79 Å². The maximum Gasteiger partial charge on any atom is 0.326 e. The molecule has 6 heteroatoms. The first-order valence-electron chi connectivity index (χ1n) is 7.30. The topological polar surface area (TPSA) is 75.6 Å². The quantitative estimate of drug-likeness (QED) is 0.653. The fourth-order valence-corrected chi connectivity index (χ4v) is 2.13. The summed E-state index contributed by atoms with van der Waals surface area (Å²) < 4.78 is 6.55. The Morgan fingerprint density at radius 3 is 2.41 bits per heavy atom. The Hall–Kier alpha value is -1.56. The summed E-state index contributed by atoms with van der Waals surface area (Å²) in [5, 5.41) is 11.6. The highest BCUT2D eigenvalue weighted by Gasteiger charge is 2.22. The Labute approximate surface area is 139 Å². The predicted molar refractivity (Wildman–Crippen MR) is 87.9 cm³/mol. The number of rotatable bonds is 9. The molecule has 2 N–H and O–H groups in total. The zero-order chi connectivity index (χ0) is 16.5. The molecule has 0 aliphatic carbocycles. The summed E-state index contributed by atoms with van der Waals surface area (Å²) in [5.74, 6) is -0.577. The molecule has 0 saturated carbocycles. The summed E-state index contributed by atoms with van der Waals surface area (Å²) in [5.41, 5.74) is 0. The van der Waals surface area contributed by atoms with E-state index in [0.717, 1.165) is 16.6 Å². The molecule has 5 nitrogen and oxygen atoms in total. The summed E-state index contributed by atoms with van der Waals surface area (Å²) in [6, 6.07) is 6.72. The number of unbranched alkanes of at least 4 members (excludes halogenated alkanes) is 1. The number of halogens is 1. The van der Waals surface area contributed by atoms with Gasteiger partial charge in [0.05, 0.1) is 6.61 Å². The number of amides is 1. The number of carbonyl (C=O) groups is 2. The second kappa shape index (κ2) is 9.46. The first-order chi connectivity index (χ1) is 10.4. The molecule has 1 amide bonds. The zero-order valence-corrected chi connectivity index (χ0v) is 14.4. The van der Waals surface area contributed by atoms with Crippen LogP contribution >= 0.6 is 15.9 Å². The van der Waals surface area contributed by atoms with Crippen LogP contribution in [0.5, 0.6) is 5.75 Å². The molecule has 1 atom stereocenters. The lowest BCUT2D eigenvalue weighted by Gasteiger charge is -2.17. The van der Waals surface area contributed by atoms with Crippen LogP contribution in [0.25, 0.3) is 0 Å². The van der Waals surface area contributed by atoms with Gasteiger partial charge in [0, 0.05) is 10.9 Å². The minimum atomic E-state index is -0.998. The molecule has 22 heavy (non-hydrogen) atoms. The van der Waals surface area contributed by atoms with E-state index in [9.17, 15) is 9.59 Å². The molecular weight excluding hydrogens is 350 g/mol. The third kappa shape index (κ3) is 6.93. The molecule has 0 saturated heterocycles. The van der Waals surface area contributed by atoms with Crippen molar-refractivity contribution in [1.29, 1.82) is 0 Å². The Morgan fingerprint density at radius 1 is 1.23 bits per heavy atom. The normalized spacial score (nSPS) is 12.0. The van der Waals surface area contributed by atoms with E-state index in [0.29, 0.717) is 19.4 Å². The SMILES string of the molecule is CC(C)[C@@H](NC(=O)CCCCOc1ccc(Br)cc1)C(=O)O. The fourth-order valence-electron chi connectivity index (χ4n) is 1.87. The fraction of sp³-hybridized carbons (Fsp3) is 0.500. The maximum atomic E-state index is 11.7. The van der Waals surface area contributed by atoms with Crippen LogP contribution in [0, 0.1) is 5.92 Å². The van der Waals surface area contributed by atoms with Crippen LogP contribution in [0.4, 0.5) is 0 Å². The van der Waals surface area contributed by atoms with Gasteiger partial charge in [0.2, 0.25) is 5.91 Å². The number of carbonyl (C=O) groups excluding carboxylic acids is 1. The average Bonchev–Trinajstić information content (AvgIpc) is 2.45. The Bertz CT molecular complexity index is 487. The molecule has 1 aromatic carbocycles. The van der Waals surface area contributed by atoms with Gasteiger partial charge in [0.15, 0.2) is 0 Å². The van der Waals surface area contributed by atoms with Gasteiger partial charge in [0.25, 0.3) is 0 Å². The molecule has 0 spiro atoms. The van der Waals surface area contributed by atoms with Crippen LogP contribution in [-0.4, -0.2) is 29.6 Å². The third-order valence-corrected chi connectivity index (χ3v) is 3.66. The summed E-state index contributed by atoms with van der Waals surface area (Å²) in [7, 11) is 0. The zero-order valence-electron chi connectivity index (χ0n) is 12.8. The van der Waals surface area contributed by atoms with Crippen LogP contribution in [0.1, 0.15) is 33.1 Å². The number of carboxylic acid groups (broad SMARTS) is 1. The van der Waals surface area contributed by atoms with Gasteiger partial charge in [-0.05, 0) is 43.0 Å². The first-order valence-corrected chi connectivity index (χ1v) is 8.10. The Morgan fingerprint density at radius 2 is 1.86 bits per heavy atom. The van der Waals surface area contributed by atoms with Gasteiger partial charge in [-0.2, -0.15) is 0 Å². The van der Waals surface area contributed by atoms with Gasteiger partial charge < -0.3 is 15.2 Å². The van der Waals surface area contributed by atoms with Crippen molar-refractivity contribution in [1.82, 2.24) is 5.32 Å². The van der Waals surface area contributed by atoms with Crippen molar-refractivity contribution in [3.8, 4) is 5.75 Å². The van der Waals surface area contributed by atoms with Gasteiger partial charge in [-0.1, -0.05) is 29.8 Å². The van der Waals surface area contributed by atoms with E-state index < -0.39 is 12.0 Å². The molecule has 0 aliphatic rings. The molecule has 122 valence electrons. The molecule has 1 rings (SSSR count). The van der Waals surface area contributed by atoms with Gasteiger partial charge in [-0.15, -0.1) is 0 Å². The number of ether oxygens (including phenoxy) is 1. The van der Waals surface area contributed by atoms with Crippen molar-refractivity contribution in [3.63, 3.8) is 0 Å². The lowest BCUT2D eigenvalue weighted by molar-refractivity contribution is -0.143. The molecule has 0 radical (unpaired) electrons. The van der Waals surface area contributed by atoms with Gasteiger partial charge in [-0.3, -0.25) is 4.79 Å². The molecule has 0 bridgehead atoms. The lowest BCUT2D eigenvalue weighted by atomic mass is 10.0. The van der Waals surface area contributed by atoms with E-state index in [2.05, 4.69) is 21.2 Å². The average molecular weight is 372 g/mol. The Balaban J connectivity index is 2.19. The summed E-state index contributed by atoms with van der Waals surface area (Å²) in [6.07, 6.45) is 1.70. The molecule has 1 aromatic rings. The van der Waals surface area contributed by atoms with Crippen LogP contribution in [0.2, 0.25) is 0 Å². The van der Waals surface area contributed by atoms with Crippen LogP contribution in [0.15, 0.2) is 28.7 Å². The van der Waals surface area contributed by atoms with E-state index in [1.165, 1.54) is 0 Å². The minimum absolute atomic E-state index is 0.137. The van der Waals surface area contributed by atoms with E-state index in [1.807, 2.05) is 24.3 Å². The molecule has 0 fully saturated rings. The summed E-state index contributed by atoms with van der Waals surface area (Å²) in [6.45, 7) is 4.07.